The van der Waals surface area contributed by atoms with Gasteiger partial charge < -0.3 is 14.8 Å². The van der Waals surface area contributed by atoms with Crippen molar-refractivity contribution in [1.29, 1.82) is 0 Å². The molecule has 0 aromatic heterocycles. The monoisotopic (exact) mass is 293 g/mol. The molecule has 4 nitrogen and oxygen atoms in total. The van der Waals surface area contributed by atoms with E-state index in [0.29, 0.717) is 5.92 Å². The summed E-state index contributed by atoms with van der Waals surface area (Å²) >= 11 is 0. The molecular formula is C17H27NO3. The highest BCUT2D eigenvalue weighted by atomic mass is 16.6. The third kappa shape index (κ3) is 4.60. The number of hydrogen-bond donors (Lipinski definition) is 1. The summed E-state index contributed by atoms with van der Waals surface area (Å²) in [5, 5.41) is 2.89. The van der Waals surface area contributed by atoms with Crippen molar-refractivity contribution in [3.05, 3.63) is 24.3 Å². The summed E-state index contributed by atoms with van der Waals surface area (Å²) in [6.45, 7) is 6.71. The van der Waals surface area contributed by atoms with Crippen LogP contribution < -0.4 is 5.32 Å². The number of methoxy groups -OCH3 is 1. The van der Waals surface area contributed by atoms with Crippen molar-refractivity contribution in [3.63, 3.8) is 0 Å². The zero-order valence-corrected chi connectivity index (χ0v) is 13.5. The smallest absolute Gasteiger partial charge is 0.407 e. The molecule has 4 unspecified atom stereocenters. The second-order valence-electron chi connectivity index (χ2n) is 7.08. The molecule has 0 spiro atoms. The van der Waals surface area contributed by atoms with Gasteiger partial charge >= 0.3 is 6.09 Å². The van der Waals surface area contributed by atoms with Crippen LogP contribution in [-0.4, -0.2) is 31.5 Å². The molecule has 4 heteroatoms. The molecule has 0 radical (unpaired) electrons. The van der Waals surface area contributed by atoms with Crippen molar-refractivity contribution >= 4 is 6.09 Å². The second kappa shape index (κ2) is 6.65. The van der Waals surface area contributed by atoms with Gasteiger partial charge in [-0.1, -0.05) is 45.1 Å². The van der Waals surface area contributed by atoms with Crippen molar-refractivity contribution in [3.8, 4) is 0 Å². The highest BCUT2D eigenvalue weighted by Gasteiger charge is 2.34. The molecule has 2 rings (SSSR count). The van der Waals surface area contributed by atoms with Crippen LogP contribution in [0.3, 0.4) is 0 Å². The van der Waals surface area contributed by atoms with Gasteiger partial charge in [-0.3, -0.25) is 0 Å². The average molecular weight is 293 g/mol. The summed E-state index contributed by atoms with van der Waals surface area (Å²) in [5.74, 6) is 0.593. The van der Waals surface area contributed by atoms with Gasteiger partial charge in [0, 0.05) is 7.11 Å². The average Bonchev–Trinajstić information content (AvgIpc) is 2.36. The summed E-state index contributed by atoms with van der Waals surface area (Å²) in [5.41, 5.74) is 0.241. The van der Waals surface area contributed by atoms with Crippen LogP contribution in [0.25, 0.3) is 0 Å². The standard InChI is InChI=1S/C17H27NO3/c1-12-9-13(11-17(2,3)10-12)21-16(19)18-14-7-5-6-8-15(14)20-4/h5-8,12-15H,9-11H2,1-4H3,(H,18,19). The minimum atomic E-state index is -0.350. The Kier molecular flexibility index (Phi) is 5.09. The van der Waals surface area contributed by atoms with Crippen molar-refractivity contribution in [2.24, 2.45) is 11.3 Å². The van der Waals surface area contributed by atoms with Crippen LogP contribution in [0.5, 0.6) is 0 Å². The summed E-state index contributed by atoms with van der Waals surface area (Å²) in [6.07, 6.45) is 10.3. The first kappa shape index (κ1) is 16.1. The van der Waals surface area contributed by atoms with Crippen molar-refractivity contribution in [1.82, 2.24) is 5.32 Å². The lowest BCUT2D eigenvalue weighted by atomic mass is 9.71. The molecule has 21 heavy (non-hydrogen) atoms. The highest BCUT2D eigenvalue weighted by Crippen LogP contribution is 2.39. The summed E-state index contributed by atoms with van der Waals surface area (Å²) in [4.78, 5) is 12.1. The van der Waals surface area contributed by atoms with Crippen LogP contribution in [0.1, 0.15) is 40.0 Å². The third-order valence-electron chi connectivity index (χ3n) is 4.26. The van der Waals surface area contributed by atoms with Crippen molar-refractivity contribution in [2.75, 3.05) is 7.11 Å². The van der Waals surface area contributed by atoms with Gasteiger partial charge in [-0.15, -0.1) is 0 Å². The fraction of sp³-hybridized carbons (Fsp3) is 0.706. The van der Waals surface area contributed by atoms with Gasteiger partial charge in [-0.05, 0) is 30.6 Å². The first-order valence-electron chi connectivity index (χ1n) is 7.74. The van der Waals surface area contributed by atoms with Gasteiger partial charge in [-0.25, -0.2) is 4.79 Å². The van der Waals surface area contributed by atoms with Crippen LogP contribution in [0, 0.1) is 11.3 Å². The van der Waals surface area contributed by atoms with Crippen LogP contribution >= 0.6 is 0 Å². The number of carbonyl (C=O) groups excluding carboxylic acids is 1. The molecule has 4 atom stereocenters. The molecule has 0 aliphatic heterocycles. The normalized spacial score (nSPS) is 34.5. The molecule has 1 saturated carbocycles. The van der Waals surface area contributed by atoms with E-state index in [4.69, 9.17) is 9.47 Å². The SMILES string of the molecule is COC1C=CC=CC1NC(=O)OC1CC(C)CC(C)(C)C1. The predicted molar refractivity (Wildman–Crippen MR) is 83.1 cm³/mol. The van der Waals surface area contributed by atoms with Gasteiger partial charge in [0.25, 0.3) is 0 Å². The predicted octanol–water partition coefficient (Wildman–Crippen LogP) is 3.44. The molecule has 0 bridgehead atoms. The van der Waals surface area contributed by atoms with Gasteiger partial charge in [0.15, 0.2) is 0 Å². The fourth-order valence-corrected chi connectivity index (χ4v) is 3.61. The lowest BCUT2D eigenvalue weighted by Gasteiger charge is -2.38. The number of hydrogen-bond acceptors (Lipinski definition) is 3. The maximum absolute atomic E-state index is 12.1. The number of carbonyl (C=O) groups is 1. The van der Waals surface area contributed by atoms with E-state index in [1.165, 1.54) is 6.42 Å². The molecule has 1 fully saturated rings. The molecular weight excluding hydrogens is 266 g/mol. The minimum absolute atomic E-state index is 0.00728. The van der Waals surface area contributed by atoms with Gasteiger partial charge in [0.1, 0.15) is 6.10 Å². The lowest BCUT2D eigenvalue weighted by Crippen LogP contribution is -2.45. The molecule has 0 aromatic rings. The molecule has 0 heterocycles. The Balaban J connectivity index is 1.87. The first-order valence-corrected chi connectivity index (χ1v) is 7.74. The molecule has 2 aliphatic rings. The van der Waals surface area contributed by atoms with Crippen LogP contribution in [-0.2, 0) is 9.47 Å². The summed E-state index contributed by atoms with van der Waals surface area (Å²) < 4.78 is 11.0. The Morgan fingerprint density at radius 2 is 1.95 bits per heavy atom. The zero-order valence-electron chi connectivity index (χ0n) is 13.5. The van der Waals surface area contributed by atoms with Gasteiger partial charge in [0.05, 0.1) is 12.1 Å². The minimum Gasteiger partial charge on any atom is -0.446 e. The second-order valence-corrected chi connectivity index (χ2v) is 7.08. The lowest BCUT2D eigenvalue weighted by molar-refractivity contribution is 0.0154. The van der Waals surface area contributed by atoms with Gasteiger partial charge in [-0.2, -0.15) is 0 Å². The highest BCUT2D eigenvalue weighted by molar-refractivity contribution is 5.68. The van der Waals surface area contributed by atoms with E-state index in [-0.39, 0.29) is 29.8 Å². The number of nitrogens with one attached hydrogen (secondary N) is 1. The van der Waals surface area contributed by atoms with Crippen molar-refractivity contribution < 1.29 is 14.3 Å². The first-order chi connectivity index (χ1) is 9.89. The Hall–Kier alpha value is -1.29. The number of allylic oxidation sites excluding steroid dienone is 2. The molecule has 1 amide bonds. The Bertz CT molecular complexity index is 428. The van der Waals surface area contributed by atoms with Crippen LogP contribution in [0.15, 0.2) is 24.3 Å². The molecule has 118 valence electrons. The van der Waals surface area contributed by atoms with Crippen LogP contribution in [0.4, 0.5) is 4.79 Å². The Morgan fingerprint density at radius 1 is 1.24 bits per heavy atom. The molecule has 0 aromatic carbocycles. The maximum atomic E-state index is 12.1. The van der Waals surface area contributed by atoms with E-state index in [1.807, 2.05) is 24.3 Å². The van der Waals surface area contributed by atoms with E-state index < -0.39 is 0 Å². The van der Waals surface area contributed by atoms with Crippen LogP contribution in [0.2, 0.25) is 0 Å². The number of rotatable bonds is 3. The third-order valence-corrected chi connectivity index (χ3v) is 4.26. The number of amides is 1. The Labute approximate surface area is 127 Å². The van der Waals surface area contributed by atoms with E-state index in [9.17, 15) is 4.79 Å². The molecule has 0 saturated heterocycles. The number of alkyl carbamates (subject to hydrolysis) is 1. The van der Waals surface area contributed by atoms with Gasteiger partial charge in [0.2, 0.25) is 0 Å². The summed E-state index contributed by atoms with van der Waals surface area (Å²) in [6, 6.07) is -0.165. The topological polar surface area (TPSA) is 47.6 Å². The number of ether oxygens (including phenoxy) is 2. The zero-order chi connectivity index (χ0) is 15.5. The Morgan fingerprint density at radius 3 is 2.62 bits per heavy atom. The van der Waals surface area contributed by atoms with E-state index in [0.717, 1.165) is 12.8 Å². The van der Waals surface area contributed by atoms with E-state index in [1.54, 1.807) is 7.11 Å². The van der Waals surface area contributed by atoms with E-state index >= 15 is 0 Å². The largest absolute Gasteiger partial charge is 0.446 e. The fourth-order valence-electron chi connectivity index (χ4n) is 3.61. The molecule has 1 N–H and O–H groups in total. The van der Waals surface area contributed by atoms with Crippen molar-refractivity contribution in [2.45, 2.75) is 58.3 Å². The van der Waals surface area contributed by atoms with E-state index in [2.05, 4.69) is 26.1 Å². The molecule has 2 aliphatic carbocycles. The summed E-state index contributed by atoms with van der Waals surface area (Å²) in [7, 11) is 1.64. The maximum Gasteiger partial charge on any atom is 0.407 e. The quantitative estimate of drug-likeness (QED) is 0.867.